The predicted molar refractivity (Wildman–Crippen MR) is 45.9 cm³/mol. The molecule has 2 rings (SSSR count). The summed E-state index contributed by atoms with van der Waals surface area (Å²) < 4.78 is 0. The number of rotatable bonds is 2. The molecular formula is C9H7NOS. The molecule has 12 heavy (non-hydrogen) atoms. The van der Waals surface area contributed by atoms with E-state index in [1.165, 1.54) is 11.3 Å². The molecular weight excluding hydrogens is 170 g/mol. The summed E-state index contributed by atoms with van der Waals surface area (Å²) >= 11 is 1.41. The standard InChI is InChI=1S/C9H7NOS/c10-6-9(3-4-9)8(11)7-2-1-5-12-7/h1-2,5H,3-4H2. The lowest BCUT2D eigenvalue weighted by atomic mass is 10.0. The molecule has 1 aliphatic rings. The minimum Gasteiger partial charge on any atom is -0.291 e. The molecule has 1 saturated carbocycles. The van der Waals surface area contributed by atoms with E-state index in [4.69, 9.17) is 5.26 Å². The maximum Gasteiger partial charge on any atom is 0.192 e. The first-order valence-electron chi connectivity index (χ1n) is 3.78. The van der Waals surface area contributed by atoms with E-state index < -0.39 is 5.41 Å². The van der Waals surface area contributed by atoms with Crippen LogP contribution >= 0.6 is 11.3 Å². The summed E-state index contributed by atoms with van der Waals surface area (Å²) in [6.45, 7) is 0. The first kappa shape index (κ1) is 7.51. The van der Waals surface area contributed by atoms with Crippen LogP contribution in [0.25, 0.3) is 0 Å². The highest BCUT2D eigenvalue weighted by molar-refractivity contribution is 7.12. The summed E-state index contributed by atoms with van der Waals surface area (Å²) in [6.07, 6.45) is 1.47. The summed E-state index contributed by atoms with van der Waals surface area (Å²) in [6, 6.07) is 5.72. The van der Waals surface area contributed by atoms with Crippen LogP contribution in [0, 0.1) is 16.7 Å². The Morgan fingerprint density at radius 3 is 2.83 bits per heavy atom. The van der Waals surface area contributed by atoms with E-state index in [1.807, 2.05) is 11.4 Å². The average molecular weight is 177 g/mol. The lowest BCUT2D eigenvalue weighted by Gasteiger charge is -1.99. The summed E-state index contributed by atoms with van der Waals surface area (Å²) in [5, 5.41) is 10.6. The third-order valence-corrected chi connectivity index (χ3v) is 3.01. The van der Waals surface area contributed by atoms with Gasteiger partial charge in [0.2, 0.25) is 0 Å². The molecule has 0 spiro atoms. The molecule has 1 fully saturated rings. The fourth-order valence-electron chi connectivity index (χ4n) is 1.16. The predicted octanol–water partition coefficient (Wildman–Crippen LogP) is 2.23. The maximum absolute atomic E-state index is 11.6. The Morgan fingerprint density at radius 1 is 1.67 bits per heavy atom. The zero-order chi connectivity index (χ0) is 8.60. The number of nitriles is 1. The topological polar surface area (TPSA) is 40.9 Å². The van der Waals surface area contributed by atoms with Crippen molar-refractivity contribution in [2.45, 2.75) is 12.8 Å². The first-order valence-corrected chi connectivity index (χ1v) is 4.66. The smallest absolute Gasteiger partial charge is 0.192 e. The van der Waals surface area contributed by atoms with Gasteiger partial charge in [0.1, 0.15) is 5.41 Å². The molecule has 3 heteroatoms. The van der Waals surface area contributed by atoms with E-state index in [1.54, 1.807) is 6.07 Å². The molecule has 2 nitrogen and oxygen atoms in total. The number of thiophene rings is 1. The van der Waals surface area contributed by atoms with Crippen molar-refractivity contribution in [3.8, 4) is 6.07 Å². The minimum atomic E-state index is -0.648. The average Bonchev–Trinajstić information content (AvgIpc) is 2.71. The fourth-order valence-corrected chi connectivity index (χ4v) is 1.92. The Hall–Kier alpha value is -1.14. The maximum atomic E-state index is 11.6. The van der Waals surface area contributed by atoms with E-state index in [9.17, 15) is 4.79 Å². The van der Waals surface area contributed by atoms with Crippen LogP contribution in [0.1, 0.15) is 22.5 Å². The molecule has 60 valence electrons. The van der Waals surface area contributed by atoms with Gasteiger partial charge < -0.3 is 0 Å². The number of ketones is 1. The second kappa shape index (κ2) is 2.43. The first-order chi connectivity index (χ1) is 5.78. The van der Waals surface area contributed by atoms with Crippen LogP contribution in [-0.4, -0.2) is 5.78 Å². The van der Waals surface area contributed by atoms with Gasteiger partial charge in [-0.2, -0.15) is 5.26 Å². The van der Waals surface area contributed by atoms with Crippen molar-refractivity contribution < 1.29 is 4.79 Å². The normalized spacial score (nSPS) is 18.2. The quantitative estimate of drug-likeness (QED) is 0.650. The van der Waals surface area contributed by atoms with Crippen LogP contribution in [-0.2, 0) is 0 Å². The molecule has 0 N–H and O–H groups in total. The van der Waals surface area contributed by atoms with Gasteiger partial charge in [0, 0.05) is 0 Å². The van der Waals surface area contributed by atoms with Crippen LogP contribution in [0.4, 0.5) is 0 Å². The van der Waals surface area contributed by atoms with E-state index in [0.717, 1.165) is 12.8 Å². The molecule has 0 saturated heterocycles. The Labute approximate surface area is 74.4 Å². The van der Waals surface area contributed by atoms with Crippen molar-refractivity contribution in [2.75, 3.05) is 0 Å². The van der Waals surface area contributed by atoms with Gasteiger partial charge in [-0.3, -0.25) is 4.79 Å². The van der Waals surface area contributed by atoms with Crippen molar-refractivity contribution in [3.63, 3.8) is 0 Å². The Morgan fingerprint density at radius 2 is 2.42 bits per heavy atom. The van der Waals surface area contributed by atoms with Crippen LogP contribution in [0.15, 0.2) is 17.5 Å². The van der Waals surface area contributed by atoms with Gasteiger partial charge in [0.15, 0.2) is 5.78 Å². The largest absolute Gasteiger partial charge is 0.291 e. The third kappa shape index (κ3) is 0.961. The number of hydrogen-bond donors (Lipinski definition) is 0. The molecule has 0 radical (unpaired) electrons. The van der Waals surface area contributed by atoms with Crippen LogP contribution < -0.4 is 0 Å². The second-order valence-corrected chi connectivity index (χ2v) is 3.95. The molecule has 1 aliphatic carbocycles. The van der Waals surface area contributed by atoms with Crippen molar-refractivity contribution in [1.29, 1.82) is 5.26 Å². The highest BCUT2D eigenvalue weighted by Crippen LogP contribution is 2.47. The summed E-state index contributed by atoms with van der Waals surface area (Å²) in [5.74, 6) is 0.0139. The Balaban J connectivity index is 2.29. The van der Waals surface area contributed by atoms with Crippen molar-refractivity contribution >= 4 is 17.1 Å². The van der Waals surface area contributed by atoms with E-state index in [-0.39, 0.29) is 5.78 Å². The van der Waals surface area contributed by atoms with Crippen LogP contribution in [0.5, 0.6) is 0 Å². The minimum absolute atomic E-state index is 0.0139. The molecule has 0 amide bonds. The van der Waals surface area contributed by atoms with E-state index >= 15 is 0 Å². The number of nitrogens with zero attached hydrogens (tertiary/aromatic N) is 1. The monoisotopic (exact) mass is 177 g/mol. The van der Waals surface area contributed by atoms with Gasteiger partial charge in [0.05, 0.1) is 10.9 Å². The fraction of sp³-hybridized carbons (Fsp3) is 0.333. The van der Waals surface area contributed by atoms with Gasteiger partial charge >= 0.3 is 0 Å². The SMILES string of the molecule is N#CC1(C(=O)c2cccs2)CC1. The Bertz CT molecular complexity index is 343. The molecule has 1 aromatic heterocycles. The Kier molecular flexibility index (Phi) is 1.52. The van der Waals surface area contributed by atoms with Crippen LogP contribution in [0.2, 0.25) is 0 Å². The molecule has 1 heterocycles. The number of Topliss-reactive ketones (excluding diaryl/α,β-unsaturated/α-hetero) is 1. The second-order valence-electron chi connectivity index (χ2n) is 3.00. The molecule has 1 aromatic rings. The summed E-state index contributed by atoms with van der Waals surface area (Å²) in [5.41, 5.74) is -0.648. The van der Waals surface area contributed by atoms with E-state index in [2.05, 4.69) is 6.07 Å². The third-order valence-electron chi connectivity index (χ3n) is 2.14. The van der Waals surface area contributed by atoms with Crippen LogP contribution in [0.3, 0.4) is 0 Å². The highest BCUT2D eigenvalue weighted by Gasteiger charge is 2.50. The summed E-state index contributed by atoms with van der Waals surface area (Å²) in [7, 11) is 0. The lowest BCUT2D eigenvalue weighted by molar-refractivity contribution is 0.0939. The molecule has 0 aliphatic heterocycles. The number of hydrogen-bond acceptors (Lipinski definition) is 3. The zero-order valence-electron chi connectivity index (χ0n) is 6.41. The van der Waals surface area contributed by atoms with E-state index in [0.29, 0.717) is 4.88 Å². The summed E-state index contributed by atoms with van der Waals surface area (Å²) in [4.78, 5) is 12.3. The van der Waals surface area contributed by atoms with Gasteiger partial charge in [-0.1, -0.05) is 6.07 Å². The molecule has 0 unspecified atom stereocenters. The highest BCUT2D eigenvalue weighted by atomic mass is 32.1. The van der Waals surface area contributed by atoms with Gasteiger partial charge in [-0.05, 0) is 24.3 Å². The lowest BCUT2D eigenvalue weighted by Crippen LogP contribution is -2.11. The molecule has 0 aromatic carbocycles. The van der Waals surface area contributed by atoms with Gasteiger partial charge in [0.25, 0.3) is 0 Å². The van der Waals surface area contributed by atoms with Gasteiger partial charge in [-0.25, -0.2) is 0 Å². The van der Waals surface area contributed by atoms with Crippen molar-refractivity contribution in [2.24, 2.45) is 5.41 Å². The number of carbonyl (C=O) groups is 1. The number of carbonyl (C=O) groups excluding carboxylic acids is 1. The van der Waals surface area contributed by atoms with Crippen molar-refractivity contribution in [3.05, 3.63) is 22.4 Å². The van der Waals surface area contributed by atoms with Crippen molar-refractivity contribution in [1.82, 2.24) is 0 Å². The molecule has 0 atom stereocenters. The molecule has 0 bridgehead atoms. The van der Waals surface area contributed by atoms with Gasteiger partial charge in [-0.15, -0.1) is 11.3 Å². The zero-order valence-corrected chi connectivity index (χ0v) is 7.23.